The van der Waals surface area contributed by atoms with E-state index in [-0.39, 0.29) is 0 Å². The van der Waals surface area contributed by atoms with Crippen molar-refractivity contribution in [1.29, 1.82) is 0 Å². The molecule has 0 amide bonds. The van der Waals surface area contributed by atoms with Crippen molar-refractivity contribution in [2.24, 2.45) is 0 Å². The Morgan fingerprint density at radius 1 is 1.36 bits per heavy atom. The molecular weight excluding hydrogens is 154 g/mol. The molecule has 2 N–H and O–H groups in total. The van der Waals surface area contributed by atoms with E-state index in [1.165, 1.54) is 5.56 Å². The molecule has 2 heteroatoms. The van der Waals surface area contributed by atoms with E-state index in [0.717, 1.165) is 17.2 Å². The molecule has 1 rings (SSSR count). The van der Waals surface area contributed by atoms with Gasteiger partial charge in [0.2, 0.25) is 0 Å². The summed E-state index contributed by atoms with van der Waals surface area (Å²) < 4.78 is 0. The summed E-state index contributed by atoms with van der Waals surface area (Å²) in [6, 6.07) is 8.03. The van der Waals surface area contributed by atoms with Crippen LogP contribution in [-0.4, -0.2) is 5.75 Å². The number of benzene rings is 1. The van der Waals surface area contributed by atoms with Crippen LogP contribution in [0, 0.1) is 0 Å². The fourth-order valence-electron chi connectivity index (χ4n) is 0.878. The minimum Gasteiger partial charge on any atom is -0.398 e. The maximum atomic E-state index is 5.75. The van der Waals surface area contributed by atoms with Gasteiger partial charge in [-0.2, -0.15) is 11.8 Å². The van der Waals surface area contributed by atoms with E-state index in [2.05, 4.69) is 13.0 Å². The molecule has 0 spiro atoms. The summed E-state index contributed by atoms with van der Waals surface area (Å²) in [6.45, 7) is 2.16. The lowest BCUT2D eigenvalue weighted by Crippen LogP contribution is -1.91. The molecule has 0 saturated heterocycles. The molecule has 0 heterocycles. The Balaban J connectivity index is 2.62. The van der Waals surface area contributed by atoms with Gasteiger partial charge >= 0.3 is 0 Å². The Hall–Kier alpha value is -0.630. The summed E-state index contributed by atoms with van der Waals surface area (Å²) in [4.78, 5) is 0. The first kappa shape index (κ1) is 8.47. The summed E-state index contributed by atoms with van der Waals surface area (Å²) in [6.07, 6.45) is 0. The number of nitrogen functional groups attached to an aromatic ring is 1. The van der Waals surface area contributed by atoms with Crippen molar-refractivity contribution in [3.63, 3.8) is 0 Å². The zero-order chi connectivity index (χ0) is 8.10. The maximum Gasteiger partial charge on any atom is 0.0355 e. The fraction of sp³-hybridized carbons (Fsp3) is 0.333. The summed E-state index contributed by atoms with van der Waals surface area (Å²) in [5.74, 6) is 2.18. The summed E-state index contributed by atoms with van der Waals surface area (Å²) in [7, 11) is 0. The van der Waals surface area contributed by atoms with Gasteiger partial charge in [0.05, 0.1) is 0 Å². The zero-order valence-corrected chi connectivity index (χ0v) is 7.53. The van der Waals surface area contributed by atoms with Crippen LogP contribution in [0.15, 0.2) is 24.3 Å². The normalized spacial score (nSPS) is 9.91. The highest BCUT2D eigenvalue weighted by Crippen LogP contribution is 2.17. The van der Waals surface area contributed by atoms with Gasteiger partial charge in [-0.3, -0.25) is 0 Å². The SMILES string of the molecule is CCSCc1ccccc1N. The van der Waals surface area contributed by atoms with Crippen LogP contribution >= 0.6 is 11.8 Å². The van der Waals surface area contributed by atoms with Crippen molar-refractivity contribution in [3.8, 4) is 0 Å². The van der Waals surface area contributed by atoms with Gasteiger partial charge in [-0.05, 0) is 17.4 Å². The lowest BCUT2D eigenvalue weighted by molar-refractivity contribution is 1.40. The molecule has 0 atom stereocenters. The van der Waals surface area contributed by atoms with Gasteiger partial charge in [-0.25, -0.2) is 0 Å². The molecule has 0 aliphatic heterocycles. The highest BCUT2D eigenvalue weighted by Gasteiger charge is 1.95. The van der Waals surface area contributed by atoms with Gasteiger partial charge in [0, 0.05) is 11.4 Å². The minimum atomic E-state index is 0.911. The van der Waals surface area contributed by atoms with Gasteiger partial charge in [0.15, 0.2) is 0 Å². The van der Waals surface area contributed by atoms with Crippen molar-refractivity contribution in [3.05, 3.63) is 29.8 Å². The molecule has 0 aliphatic carbocycles. The van der Waals surface area contributed by atoms with Crippen LogP contribution in [0.2, 0.25) is 0 Å². The number of nitrogens with two attached hydrogens (primary N) is 1. The van der Waals surface area contributed by atoms with Gasteiger partial charge in [0.1, 0.15) is 0 Å². The first-order chi connectivity index (χ1) is 5.34. The fourth-order valence-corrected chi connectivity index (χ4v) is 1.56. The average molecular weight is 167 g/mol. The predicted octanol–water partition coefficient (Wildman–Crippen LogP) is 2.52. The first-order valence-corrected chi connectivity index (χ1v) is 4.91. The summed E-state index contributed by atoms with van der Waals surface area (Å²) in [5.41, 5.74) is 7.91. The van der Waals surface area contributed by atoms with Crippen LogP contribution in [0.4, 0.5) is 5.69 Å². The lowest BCUT2D eigenvalue weighted by Gasteiger charge is -2.02. The summed E-state index contributed by atoms with van der Waals surface area (Å²) >= 11 is 1.90. The summed E-state index contributed by atoms with van der Waals surface area (Å²) in [5, 5.41) is 0. The monoisotopic (exact) mass is 167 g/mol. The van der Waals surface area contributed by atoms with Crippen LogP contribution < -0.4 is 5.73 Å². The molecule has 0 radical (unpaired) electrons. The maximum absolute atomic E-state index is 5.75. The van der Waals surface area contributed by atoms with E-state index in [0.29, 0.717) is 0 Å². The molecule has 0 saturated carbocycles. The van der Waals surface area contributed by atoms with Crippen molar-refractivity contribution in [2.45, 2.75) is 12.7 Å². The van der Waals surface area contributed by atoms with Crippen LogP contribution in [-0.2, 0) is 5.75 Å². The predicted molar refractivity (Wildman–Crippen MR) is 52.7 cm³/mol. The van der Waals surface area contributed by atoms with E-state index in [1.807, 2.05) is 30.0 Å². The second kappa shape index (κ2) is 4.29. The molecule has 0 aliphatic rings. The van der Waals surface area contributed by atoms with E-state index in [1.54, 1.807) is 0 Å². The second-order valence-corrected chi connectivity index (χ2v) is 3.61. The Kier molecular flexibility index (Phi) is 3.30. The Labute approximate surface area is 72.0 Å². The standard InChI is InChI=1S/C9H13NS/c1-2-11-7-8-5-3-4-6-9(8)10/h3-6H,2,7,10H2,1H3. The van der Waals surface area contributed by atoms with E-state index in [9.17, 15) is 0 Å². The Morgan fingerprint density at radius 3 is 2.73 bits per heavy atom. The molecule has 1 nitrogen and oxygen atoms in total. The van der Waals surface area contributed by atoms with Gasteiger partial charge in [-0.15, -0.1) is 0 Å². The van der Waals surface area contributed by atoms with Crippen LogP contribution in [0.3, 0.4) is 0 Å². The van der Waals surface area contributed by atoms with Crippen LogP contribution in [0.1, 0.15) is 12.5 Å². The number of anilines is 1. The average Bonchev–Trinajstić information content (AvgIpc) is 2.03. The molecule has 60 valence electrons. The lowest BCUT2D eigenvalue weighted by atomic mass is 10.2. The largest absolute Gasteiger partial charge is 0.398 e. The van der Waals surface area contributed by atoms with Crippen molar-refractivity contribution in [1.82, 2.24) is 0 Å². The van der Waals surface area contributed by atoms with E-state index >= 15 is 0 Å². The zero-order valence-electron chi connectivity index (χ0n) is 6.71. The third-order valence-corrected chi connectivity index (χ3v) is 2.44. The number of hydrogen-bond donors (Lipinski definition) is 1. The van der Waals surface area contributed by atoms with Crippen LogP contribution in [0.25, 0.3) is 0 Å². The molecular formula is C9H13NS. The molecule has 0 unspecified atom stereocenters. The highest BCUT2D eigenvalue weighted by atomic mass is 32.2. The van der Waals surface area contributed by atoms with Crippen molar-refractivity contribution in [2.75, 3.05) is 11.5 Å². The molecule has 1 aromatic carbocycles. The third kappa shape index (κ3) is 2.46. The molecule has 0 fully saturated rings. The third-order valence-electron chi connectivity index (χ3n) is 1.52. The Morgan fingerprint density at radius 2 is 2.09 bits per heavy atom. The highest BCUT2D eigenvalue weighted by molar-refractivity contribution is 7.98. The van der Waals surface area contributed by atoms with E-state index in [4.69, 9.17) is 5.73 Å². The number of thioether (sulfide) groups is 1. The van der Waals surface area contributed by atoms with Crippen molar-refractivity contribution >= 4 is 17.4 Å². The van der Waals surface area contributed by atoms with Crippen molar-refractivity contribution < 1.29 is 0 Å². The first-order valence-electron chi connectivity index (χ1n) is 3.75. The number of hydrogen-bond acceptors (Lipinski definition) is 2. The molecule has 1 aromatic rings. The number of rotatable bonds is 3. The molecule has 0 bridgehead atoms. The van der Waals surface area contributed by atoms with Crippen LogP contribution in [0.5, 0.6) is 0 Å². The minimum absolute atomic E-state index is 0.911. The van der Waals surface area contributed by atoms with Gasteiger partial charge < -0.3 is 5.73 Å². The Bertz CT molecular complexity index is 223. The second-order valence-electron chi connectivity index (χ2n) is 2.34. The molecule has 0 aromatic heterocycles. The number of para-hydroxylation sites is 1. The topological polar surface area (TPSA) is 26.0 Å². The molecule has 11 heavy (non-hydrogen) atoms. The quantitative estimate of drug-likeness (QED) is 0.700. The van der Waals surface area contributed by atoms with Gasteiger partial charge in [-0.1, -0.05) is 25.1 Å². The van der Waals surface area contributed by atoms with Gasteiger partial charge in [0.25, 0.3) is 0 Å². The van der Waals surface area contributed by atoms with E-state index < -0.39 is 0 Å². The smallest absolute Gasteiger partial charge is 0.0355 e.